The van der Waals surface area contributed by atoms with Gasteiger partial charge < -0.3 is 20.4 Å². The molecular formula is C25H25FN4O2. The zero-order valence-electron chi connectivity index (χ0n) is 17.6. The predicted molar refractivity (Wildman–Crippen MR) is 122 cm³/mol. The fraction of sp³-hybridized carbons (Fsp3) is 0.360. The highest BCUT2D eigenvalue weighted by Gasteiger charge is 2.74. The van der Waals surface area contributed by atoms with Gasteiger partial charge in [0.2, 0.25) is 0 Å². The van der Waals surface area contributed by atoms with E-state index in [1.165, 1.54) is 12.1 Å². The minimum absolute atomic E-state index is 0.0377. The molecule has 6 nitrogen and oxygen atoms in total. The first kappa shape index (κ1) is 19.6. The van der Waals surface area contributed by atoms with E-state index >= 15 is 0 Å². The molecule has 0 bridgehead atoms. The van der Waals surface area contributed by atoms with Crippen LogP contribution in [0.4, 0.5) is 10.1 Å². The summed E-state index contributed by atoms with van der Waals surface area (Å²) in [7, 11) is 0. The Bertz CT molecular complexity index is 1130. The van der Waals surface area contributed by atoms with Gasteiger partial charge in [-0.05, 0) is 53.7 Å². The zero-order chi connectivity index (χ0) is 22.0. The summed E-state index contributed by atoms with van der Waals surface area (Å²) in [5, 5.41) is 24.9. The van der Waals surface area contributed by atoms with Crippen molar-refractivity contribution >= 4 is 23.4 Å². The van der Waals surface area contributed by atoms with Gasteiger partial charge in [-0.15, -0.1) is 0 Å². The first-order chi connectivity index (χ1) is 15.5. The Morgan fingerprint density at radius 3 is 2.53 bits per heavy atom. The van der Waals surface area contributed by atoms with Gasteiger partial charge in [0.05, 0.1) is 17.6 Å². The number of rotatable bonds is 3. The number of aliphatic imine (C=N–C) groups is 2. The lowest BCUT2D eigenvalue weighted by molar-refractivity contribution is -0.0324. The molecule has 0 amide bonds. The number of hydrogen-bond donors (Lipinski definition) is 3. The third kappa shape index (κ3) is 2.71. The Morgan fingerprint density at radius 2 is 1.84 bits per heavy atom. The first-order valence-corrected chi connectivity index (χ1v) is 11.0. The molecule has 4 aliphatic rings. The molecule has 0 aromatic heterocycles. The van der Waals surface area contributed by atoms with Gasteiger partial charge in [0.25, 0.3) is 0 Å². The molecule has 7 heteroatoms. The van der Waals surface area contributed by atoms with Crippen molar-refractivity contribution in [2.75, 3.05) is 5.32 Å². The van der Waals surface area contributed by atoms with Crippen LogP contribution in [-0.2, 0) is 0 Å². The van der Waals surface area contributed by atoms with Crippen LogP contribution in [0.3, 0.4) is 0 Å². The minimum Gasteiger partial charge on any atom is -0.390 e. The molecule has 2 aromatic carbocycles. The molecular weight excluding hydrogens is 407 g/mol. The minimum atomic E-state index is -0.822. The first-order valence-electron chi connectivity index (χ1n) is 11.0. The maximum absolute atomic E-state index is 13.4. The van der Waals surface area contributed by atoms with E-state index in [4.69, 9.17) is 4.99 Å². The van der Waals surface area contributed by atoms with E-state index in [2.05, 4.69) is 33.5 Å². The van der Waals surface area contributed by atoms with Gasteiger partial charge in [0.1, 0.15) is 30.3 Å². The molecule has 6 rings (SSSR count). The van der Waals surface area contributed by atoms with Crippen molar-refractivity contribution in [1.29, 1.82) is 0 Å². The van der Waals surface area contributed by atoms with Gasteiger partial charge in [-0.3, -0.25) is 0 Å². The van der Waals surface area contributed by atoms with Crippen LogP contribution >= 0.6 is 0 Å². The quantitative estimate of drug-likeness (QED) is 0.696. The second-order valence-electron chi connectivity index (χ2n) is 9.26. The fourth-order valence-electron chi connectivity index (χ4n) is 5.91. The van der Waals surface area contributed by atoms with E-state index in [0.717, 1.165) is 29.1 Å². The number of anilines is 1. The van der Waals surface area contributed by atoms with Crippen molar-refractivity contribution in [2.24, 2.45) is 27.7 Å². The number of amidine groups is 1. The Morgan fingerprint density at radius 1 is 1.09 bits per heavy atom. The SMILES string of the molecule is C[C@@H]1[C@H](O)[C@H](O)[C@@]2(N3C=C(c4ccccc4)C4C(Nc5ccc(F)cc5)=NC=NC43)C[C@@H]12. The molecule has 164 valence electrons. The number of fused-ring (bicyclic) bond motifs is 2. The normalized spacial score (nSPS) is 36.9. The van der Waals surface area contributed by atoms with Crippen LogP contribution in [0.25, 0.3) is 5.57 Å². The average Bonchev–Trinajstić information content (AvgIpc) is 3.39. The monoisotopic (exact) mass is 432 g/mol. The fourth-order valence-corrected chi connectivity index (χ4v) is 5.91. The third-order valence-corrected chi connectivity index (χ3v) is 7.65. The van der Waals surface area contributed by atoms with Crippen molar-refractivity contribution in [1.82, 2.24) is 4.90 Å². The van der Waals surface area contributed by atoms with E-state index in [0.29, 0.717) is 0 Å². The lowest BCUT2D eigenvalue weighted by Crippen LogP contribution is -2.51. The summed E-state index contributed by atoms with van der Waals surface area (Å²) >= 11 is 0. The van der Waals surface area contributed by atoms with Gasteiger partial charge in [-0.25, -0.2) is 14.4 Å². The Kier molecular flexibility index (Phi) is 4.29. The molecule has 2 saturated carbocycles. The summed E-state index contributed by atoms with van der Waals surface area (Å²) in [4.78, 5) is 11.4. The standard InChI is InChI=1S/C25H25FN4O2/c1-14-19-11-25(19,22(32)21(14)31)30-12-18(15-5-3-2-4-6-15)20-23(27-13-28-24(20)30)29-17-9-7-16(26)8-10-17/h2-10,12-14,19-22,24,31-32H,11H2,1H3,(H,27,28,29)/t14-,19-,20?,21-,22-,24?,25+/m0/s1. The van der Waals surface area contributed by atoms with Gasteiger partial charge in [-0.2, -0.15) is 0 Å². The highest BCUT2D eigenvalue weighted by atomic mass is 19.1. The summed E-state index contributed by atoms with van der Waals surface area (Å²) in [6, 6.07) is 16.3. The molecule has 7 atom stereocenters. The Balaban J connectivity index is 1.40. The maximum atomic E-state index is 13.4. The summed E-state index contributed by atoms with van der Waals surface area (Å²) in [5.41, 5.74) is 2.36. The molecule has 2 unspecified atom stereocenters. The van der Waals surface area contributed by atoms with Crippen LogP contribution in [0.1, 0.15) is 18.9 Å². The van der Waals surface area contributed by atoms with Crippen molar-refractivity contribution in [3.8, 4) is 0 Å². The van der Waals surface area contributed by atoms with Gasteiger partial charge >= 0.3 is 0 Å². The number of nitrogens with zero attached hydrogens (tertiary/aromatic N) is 3. The Labute approximate surface area is 185 Å². The van der Waals surface area contributed by atoms with E-state index < -0.39 is 17.7 Å². The number of hydrogen-bond acceptors (Lipinski definition) is 6. The topological polar surface area (TPSA) is 80.5 Å². The largest absolute Gasteiger partial charge is 0.390 e. The van der Waals surface area contributed by atoms with E-state index in [9.17, 15) is 14.6 Å². The molecule has 0 radical (unpaired) electrons. The lowest BCUT2D eigenvalue weighted by atomic mass is 9.91. The second kappa shape index (κ2) is 6.98. The molecule has 2 fully saturated rings. The van der Waals surface area contributed by atoms with Crippen LogP contribution in [-0.4, -0.2) is 51.2 Å². The predicted octanol–water partition coefficient (Wildman–Crippen LogP) is 3.11. The van der Waals surface area contributed by atoms with Crippen LogP contribution in [0.5, 0.6) is 0 Å². The highest BCUT2D eigenvalue weighted by Crippen LogP contribution is 2.64. The summed E-state index contributed by atoms with van der Waals surface area (Å²) in [6.45, 7) is 2.01. The molecule has 2 heterocycles. The van der Waals surface area contributed by atoms with E-state index in [1.54, 1.807) is 18.5 Å². The highest BCUT2D eigenvalue weighted by molar-refractivity contribution is 6.09. The zero-order valence-corrected chi connectivity index (χ0v) is 17.6. The van der Waals surface area contributed by atoms with Crippen LogP contribution in [0, 0.1) is 23.6 Å². The summed E-state index contributed by atoms with van der Waals surface area (Å²) < 4.78 is 13.4. The van der Waals surface area contributed by atoms with Crippen molar-refractivity contribution in [3.63, 3.8) is 0 Å². The summed E-state index contributed by atoms with van der Waals surface area (Å²) in [6.07, 6.45) is 2.65. The number of aliphatic hydroxyl groups excluding tert-OH is 2. The summed E-state index contributed by atoms with van der Waals surface area (Å²) in [5.74, 6) is 0.518. The molecule has 0 saturated heterocycles. The van der Waals surface area contributed by atoms with Crippen LogP contribution in [0.15, 0.2) is 70.8 Å². The molecule has 0 spiro atoms. The molecule has 3 N–H and O–H groups in total. The molecule has 2 aliphatic carbocycles. The Hall–Kier alpha value is -3.03. The van der Waals surface area contributed by atoms with E-state index in [-0.39, 0.29) is 29.7 Å². The lowest BCUT2D eigenvalue weighted by Gasteiger charge is -2.37. The van der Waals surface area contributed by atoms with Gasteiger partial charge in [0.15, 0.2) is 0 Å². The van der Waals surface area contributed by atoms with Crippen LogP contribution < -0.4 is 5.32 Å². The third-order valence-electron chi connectivity index (χ3n) is 7.65. The smallest absolute Gasteiger partial charge is 0.137 e. The van der Waals surface area contributed by atoms with E-state index in [1.807, 2.05) is 25.1 Å². The average molecular weight is 432 g/mol. The maximum Gasteiger partial charge on any atom is 0.137 e. The van der Waals surface area contributed by atoms with Crippen LogP contribution in [0.2, 0.25) is 0 Å². The molecule has 32 heavy (non-hydrogen) atoms. The van der Waals surface area contributed by atoms with Crippen molar-refractivity contribution < 1.29 is 14.6 Å². The van der Waals surface area contributed by atoms with Gasteiger partial charge in [-0.1, -0.05) is 37.3 Å². The van der Waals surface area contributed by atoms with Crippen molar-refractivity contribution in [3.05, 3.63) is 72.2 Å². The number of halogens is 1. The van der Waals surface area contributed by atoms with Crippen molar-refractivity contribution in [2.45, 2.75) is 37.3 Å². The molecule has 2 aromatic rings. The van der Waals surface area contributed by atoms with Gasteiger partial charge in [0, 0.05) is 11.9 Å². The second-order valence-corrected chi connectivity index (χ2v) is 9.26. The molecule has 2 aliphatic heterocycles. The number of nitrogens with one attached hydrogen (secondary N) is 1. The number of aliphatic hydroxyl groups is 2. The number of benzene rings is 2.